The van der Waals surface area contributed by atoms with Crippen LogP contribution in [0.2, 0.25) is 0 Å². The molecular weight excluding hydrogens is 754 g/mol. The fourth-order valence-electron chi connectivity index (χ4n) is 2.67. The van der Waals surface area contributed by atoms with Crippen LogP contribution in [0.4, 0.5) is 11.4 Å². The lowest BCUT2D eigenvalue weighted by Crippen LogP contribution is -2.43. The van der Waals surface area contributed by atoms with E-state index in [2.05, 4.69) is 70.2 Å². The normalized spacial score (nSPS) is 10.7. The van der Waals surface area contributed by atoms with E-state index >= 15 is 0 Å². The van der Waals surface area contributed by atoms with Crippen molar-refractivity contribution in [3.63, 3.8) is 0 Å². The number of benzene rings is 2. The zero-order valence-electron chi connectivity index (χ0n) is 30.7. The number of likely N-dealkylation sites (N-methyl/N-ethyl adjacent to an activating group) is 2. The monoisotopic (exact) mass is 812 g/mol. The van der Waals surface area contributed by atoms with Crippen molar-refractivity contribution in [3.8, 4) is 11.5 Å². The Kier molecular flexibility index (Phi) is 32.2. The van der Waals surface area contributed by atoms with E-state index in [0.717, 1.165) is 34.4 Å². The van der Waals surface area contributed by atoms with Crippen LogP contribution >= 0.6 is 80.2 Å². The predicted octanol–water partition coefficient (Wildman–Crippen LogP) is 7.48. The van der Waals surface area contributed by atoms with Crippen molar-refractivity contribution in [3.05, 3.63) is 48.5 Å². The van der Waals surface area contributed by atoms with Crippen molar-refractivity contribution in [2.75, 3.05) is 58.2 Å². The van der Waals surface area contributed by atoms with Gasteiger partial charge in [0.25, 0.3) is 0 Å². The highest BCUT2D eigenvalue weighted by molar-refractivity contribution is 8.14. The second-order valence-corrected chi connectivity index (χ2v) is 14.5. The zero-order chi connectivity index (χ0) is 35.3. The lowest BCUT2D eigenvalue weighted by atomic mass is 10.1. The van der Waals surface area contributed by atoms with Gasteiger partial charge in [0.2, 0.25) is 0 Å². The van der Waals surface area contributed by atoms with E-state index in [1.165, 1.54) is 23.5 Å². The fourth-order valence-corrected chi connectivity index (χ4v) is 3.81. The maximum absolute atomic E-state index is 6.64. The van der Waals surface area contributed by atoms with E-state index in [4.69, 9.17) is 38.6 Å². The van der Waals surface area contributed by atoms with E-state index in [1.54, 1.807) is 0 Å². The second kappa shape index (κ2) is 29.1. The Hall–Kier alpha value is -1.56. The quantitative estimate of drug-likeness (QED) is 0.0735. The van der Waals surface area contributed by atoms with Gasteiger partial charge in [-0.2, -0.15) is 29.8 Å². The number of hydrogen-bond acceptors (Lipinski definition) is 10. The third-order valence-corrected chi connectivity index (χ3v) is 8.09. The largest absolute Gasteiger partial charge is 0.492 e. The van der Waals surface area contributed by atoms with Crippen LogP contribution in [0.1, 0.15) is 41.5 Å². The summed E-state index contributed by atoms with van der Waals surface area (Å²) in [5.74, 6) is 3.42. The number of nitrogens with zero attached hydrogens (tertiary/aromatic N) is 4. The van der Waals surface area contributed by atoms with Crippen LogP contribution in [0.25, 0.3) is 0 Å². The van der Waals surface area contributed by atoms with Crippen molar-refractivity contribution in [1.82, 2.24) is 9.80 Å². The molecule has 2 aromatic carbocycles. The maximum Gasteiger partial charge on any atom is 0.199 e. The molecule has 0 bridgehead atoms. The molecule has 0 spiro atoms. The van der Waals surface area contributed by atoms with Gasteiger partial charge in [-0.05, 0) is 140 Å². The molecule has 10 nitrogen and oxygen atoms in total. The first-order valence-corrected chi connectivity index (χ1v) is 17.4. The fraction of sp³-hybridized carbons (Fsp3) is 0.500. The molecule has 2 atom stereocenters. The van der Waals surface area contributed by atoms with Crippen molar-refractivity contribution in [2.24, 2.45) is 21.5 Å². The predicted molar refractivity (Wildman–Crippen MR) is 240 cm³/mol. The minimum absolute atomic E-state index is 0. The van der Waals surface area contributed by atoms with E-state index < -0.39 is 0 Å². The number of aliphatic imine (C=N–C) groups is 2. The number of anilines is 1. The summed E-state index contributed by atoms with van der Waals surface area (Å²) in [5, 5.41) is 13.0. The molecule has 2 rings (SSSR count). The summed E-state index contributed by atoms with van der Waals surface area (Å²) >= 11 is 12.5. The van der Waals surface area contributed by atoms with Crippen LogP contribution < -0.4 is 26.3 Å². The smallest absolute Gasteiger partial charge is 0.199 e. The maximum atomic E-state index is 6.64. The Morgan fingerprint density at radius 3 is 1.57 bits per heavy atom. The number of nitrogens with two attached hydrogens (primary N) is 2. The summed E-state index contributed by atoms with van der Waals surface area (Å²) < 4.78 is 11.6. The molecule has 49 heavy (non-hydrogen) atoms. The van der Waals surface area contributed by atoms with Crippen molar-refractivity contribution < 1.29 is 9.47 Å². The number of thioether (sulfide) groups is 2. The van der Waals surface area contributed by atoms with Gasteiger partial charge in [-0.3, -0.25) is 5.41 Å². The molecular formula is C32H59ClN8O2P2S4. The molecule has 6 N–H and O–H groups in total. The number of thiocarbonyl (C=S) groups is 2. The molecule has 2 aromatic rings. The van der Waals surface area contributed by atoms with Crippen LogP contribution in [-0.2, 0) is 0 Å². The minimum atomic E-state index is -0.0261. The molecule has 0 heterocycles. The Balaban J connectivity index is -0.000000345. The Morgan fingerprint density at radius 1 is 0.837 bits per heavy atom. The van der Waals surface area contributed by atoms with E-state index in [9.17, 15) is 0 Å². The lowest BCUT2D eigenvalue weighted by Gasteiger charge is -2.32. The molecule has 0 aliphatic carbocycles. The number of rotatable bonds is 12. The van der Waals surface area contributed by atoms with Crippen molar-refractivity contribution in [2.45, 2.75) is 52.6 Å². The molecule has 0 fully saturated rings. The molecule has 0 aliphatic rings. The Labute approximate surface area is 327 Å². The average Bonchev–Trinajstić information content (AvgIpc) is 2.97. The minimum Gasteiger partial charge on any atom is -0.492 e. The third-order valence-electron chi connectivity index (χ3n) is 6.53. The van der Waals surface area contributed by atoms with Crippen LogP contribution in [0.15, 0.2) is 58.5 Å². The van der Waals surface area contributed by atoms with E-state index in [-0.39, 0.29) is 48.5 Å². The molecule has 0 aliphatic heterocycles. The molecule has 0 amide bonds. The Bertz CT molecular complexity index is 1280. The summed E-state index contributed by atoms with van der Waals surface area (Å²) in [6.45, 7) is 13.8. The number of ether oxygens (including phenoxy) is 2. The molecule has 280 valence electrons. The van der Waals surface area contributed by atoms with Crippen LogP contribution in [-0.4, -0.2) is 94.4 Å². The average molecular weight is 814 g/mol. The van der Waals surface area contributed by atoms with Gasteiger partial charge in [-0.15, -0.1) is 12.4 Å². The molecule has 0 aromatic heterocycles. The highest BCUT2D eigenvalue weighted by Gasteiger charge is 2.22. The molecule has 0 saturated heterocycles. The number of isothiocyanates is 1. The van der Waals surface area contributed by atoms with Gasteiger partial charge < -0.3 is 36.1 Å². The highest BCUT2D eigenvalue weighted by atomic mass is 35.5. The number of nitrogens with one attached hydrogen (secondary N) is 2. The van der Waals surface area contributed by atoms with Gasteiger partial charge in [-0.25, -0.2) is 0 Å². The third kappa shape index (κ3) is 26.0. The SMILES string of the molecule is CCSC(=N)N.CCSC(N)=NC(=S)Nc1ccc(OCC(C)(C)N(C)C)cc1.CN(C)C(C)(C)COc1ccc(N=C=S)cc1.Cl.P.P. The van der Waals surface area contributed by atoms with Crippen molar-refractivity contribution >= 4 is 112 Å². The molecule has 0 radical (unpaired) electrons. The van der Waals surface area contributed by atoms with Crippen molar-refractivity contribution in [1.29, 1.82) is 5.41 Å². The summed E-state index contributed by atoms with van der Waals surface area (Å²) in [4.78, 5) is 12.3. The first-order valence-electron chi connectivity index (χ1n) is 14.6. The van der Waals surface area contributed by atoms with Gasteiger partial charge in [0.05, 0.1) is 10.8 Å². The zero-order valence-corrected chi connectivity index (χ0v) is 37.6. The summed E-state index contributed by atoms with van der Waals surface area (Å²) in [6.07, 6.45) is 0. The van der Waals surface area contributed by atoms with Gasteiger partial charge in [-0.1, -0.05) is 37.4 Å². The first kappa shape index (κ1) is 54.2. The first-order chi connectivity index (χ1) is 21.5. The van der Waals surface area contributed by atoms with E-state index in [1.807, 2.05) is 90.6 Å². The molecule has 2 unspecified atom stereocenters. The van der Waals surface area contributed by atoms with Gasteiger partial charge >= 0.3 is 0 Å². The molecule has 17 heteroatoms. The Morgan fingerprint density at radius 2 is 1.24 bits per heavy atom. The van der Waals surface area contributed by atoms with Crippen LogP contribution in [0.3, 0.4) is 0 Å². The van der Waals surface area contributed by atoms with Gasteiger partial charge in [0.15, 0.2) is 15.4 Å². The second-order valence-electron chi connectivity index (χ2n) is 11.3. The van der Waals surface area contributed by atoms with Gasteiger partial charge in [0.1, 0.15) is 24.7 Å². The molecule has 0 saturated carbocycles. The standard InChI is InChI=1S/C16H26N4OS2.C13H18N2OS.C3H8N2S.ClH.2H3P/c1-6-23-14(17)19-15(22)18-12-7-9-13(10-8-12)21-11-16(2,3)20(4)5;1-13(2,15(3)4)9-16-12-7-5-11(6-8-12)14-10-17;1-2-6-3(4)5;;;/h7-10H,6,11H2,1-5H3,(H3,17,18,19,22);5-8H,9H2,1-4H3;2H2,1H3,(H3,4,5);1H;2*1H3. The van der Waals surface area contributed by atoms with Crippen LogP contribution in [0, 0.1) is 5.41 Å². The number of hydrogen-bond donors (Lipinski definition) is 4. The lowest BCUT2D eigenvalue weighted by molar-refractivity contribution is 0.114. The highest BCUT2D eigenvalue weighted by Crippen LogP contribution is 2.20. The summed E-state index contributed by atoms with van der Waals surface area (Å²) in [6, 6.07) is 15.1. The summed E-state index contributed by atoms with van der Waals surface area (Å²) in [7, 11) is 8.17. The number of amidine groups is 2. The van der Waals surface area contributed by atoms with E-state index in [0.29, 0.717) is 23.5 Å². The topological polar surface area (TPSA) is 138 Å². The number of halogens is 1. The summed E-state index contributed by atoms with van der Waals surface area (Å²) in [5.41, 5.74) is 12.3. The van der Waals surface area contributed by atoms with Gasteiger partial charge in [0, 0.05) is 16.8 Å². The van der Waals surface area contributed by atoms with Crippen LogP contribution in [0.5, 0.6) is 11.5 Å².